The standard InChI is InChI=1S/C13H26N2O2/c1-10(2)17-9-7-13(16)15-8-5-4-6-12(15)11(3)14/h10-12H,4-9,14H2,1-3H3. The smallest absolute Gasteiger partial charge is 0.225 e. The van der Waals surface area contributed by atoms with Gasteiger partial charge in [0.25, 0.3) is 0 Å². The third kappa shape index (κ3) is 4.64. The molecule has 2 atom stereocenters. The molecule has 17 heavy (non-hydrogen) atoms. The predicted octanol–water partition coefficient (Wildman–Crippen LogP) is 1.53. The van der Waals surface area contributed by atoms with Crippen molar-refractivity contribution in [2.45, 2.75) is 64.6 Å². The van der Waals surface area contributed by atoms with Crippen LogP contribution >= 0.6 is 0 Å². The SMILES string of the molecule is CC(C)OCCC(=O)N1CCCCC1C(C)N. The second-order valence-electron chi connectivity index (χ2n) is 5.18. The van der Waals surface area contributed by atoms with Gasteiger partial charge in [-0.05, 0) is 40.0 Å². The molecule has 1 rings (SSSR count). The van der Waals surface area contributed by atoms with Crippen LogP contribution in [-0.2, 0) is 9.53 Å². The predicted molar refractivity (Wildman–Crippen MR) is 68.7 cm³/mol. The van der Waals surface area contributed by atoms with Crippen LogP contribution in [0.4, 0.5) is 0 Å². The highest BCUT2D eigenvalue weighted by Gasteiger charge is 2.28. The second-order valence-corrected chi connectivity index (χ2v) is 5.18. The minimum Gasteiger partial charge on any atom is -0.378 e. The van der Waals surface area contributed by atoms with Gasteiger partial charge in [-0.25, -0.2) is 0 Å². The molecule has 100 valence electrons. The topological polar surface area (TPSA) is 55.6 Å². The van der Waals surface area contributed by atoms with Crippen molar-refractivity contribution in [1.29, 1.82) is 0 Å². The van der Waals surface area contributed by atoms with Crippen molar-refractivity contribution >= 4 is 5.91 Å². The van der Waals surface area contributed by atoms with E-state index in [0.29, 0.717) is 13.0 Å². The molecular formula is C13H26N2O2. The Morgan fingerprint density at radius 3 is 2.71 bits per heavy atom. The molecule has 0 radical (unpaired) electrons. The van der Waals surface area contributed by atoms with Crippen LogP contribution in [0.15, 0.2) is 0 Å². The van der Waals surface area contributed by atoms with E-state index >= 15 is 0 Å². The number of nitrogens with two attached hydrogens (primary N) is 1. The van der Waals surface area contributed by atoms with E-state index in [0.717, 1.165) is 19.4 Å². The number of hydrogen-bond acceptors (Lipinski definition) is 3. The number of ether oxygens (including phenoxy) is 1. The van der Waals surface area contributed by atoms with E-state index in [-0.39, 0.29) is 24.1 Å². The maximum atomic E-state index is 12.1. The average Bonchev–Trinajstić information content (AvgIpc) is 2.28. The van der Waals surface area contributed by atoms with Gasteiger partial charge in [0, 0.05) is 18.6 Å². The summed E-state index contributed by atoms with van der Waals surface area (Å²) in [7, 11) is 0. The Morgan fingerprint density at radius 2 is 2.12 bits per heavy atom. The second kappa shape index (κ2) is 6.97. The molecule has 4 heteroatoms. The zero-order chi connectivity index (χ0) is 12.8. The maximum absolute atomic E-state index is 12.1. The van der Waals surface area contributed by atoms with E-state index in [4.69, 9.17) is 10.5 Å². The Balaban J connectivity index is 2.42. The Bertz CT molecular complexity index is 242. The molecule has 1 aliphatic heterocycles. The molecule has 1 heterocycles. The van der Waals surface area contributed by atoms with E-state index in [1.807, 2.05) is 25.7 Å². The Kier molecular flexibility index (Phi) is 5.92. The first-order valence-electron chi connectivity index (χ1n) is 6.69. The highest BCUT2D eigenvalue weighted by molar-refractivity contribution is 5.76. The first-order chi connectivity index (χ1) is 8.02. The fraction of sp³-hybridized carbons (Fsp3) is 0.923. The van der Waals surface area contributed by atoms with Crippen LogP contribution < -0.4 is 5.73 Å². The Morgan fingerprint density at radius 1 is 1.41 bits per heavy atom. The Labute approximate surface area is 104 Å². The molecule has 0 saturated carbocycles. The monoisotopic (exact) mass is 242 g/mol. The van der Waals surface area contributed by atoms with Crippen LogP contribution in [0.1, 0.15) is 46.5 Å². The van der Waals surface area contributed by atoms with Crippen LogP contribution in [0.2, 0.25) is 0 Å². The summed E-state index contributed by atoms with van der Waals surface area (Å²) in [4.78, 5) is 14.0. The van der Waals surface area contributed by atoms with Gasteiger partial charge in [0.05, 0.1) is 19.1 Å². The van der Waals surface area contributed by atoms with Crippen molar-refractivity contribution in [2.24, 2.45) is 5.73 Å². The summed E-state index contributed by atoms with van der Waals surface area (Å²) in [5.41, 5.74) is 5.95. The van der Waals surface area contributed by atoms with Crippen LogP contribution in [0.25, 0.3) is 0 Å². The molecule has 1 saturated heterocycles. The molecule has 0 aliphatic carbocycles. The molecule has 2 N–H and O–H groups in total. The first-order valence-corrected chi connectivity index (χ1v) is 6.69. The lowest BCUT2D eigenvalue weighted by Crippen LogP contribution is -2.51. The summed E-state index contributed by atoms with van der Waals surface area (Å²) in [5.74, 6) is 0.188. The fourth-order valence-electron chi connectivity index (χ4n) is 2.34. The summed E-state index contributed by atoms with van der Waals surface area (Å²) in [6.45, 7) is 7.32. The normalized spacial score (nSPS) is 22.9. The number of hydrogen-bond donors (Lipinski definition) is 1. The van der Waals surface area contributed by atoms with Crippen molar-refractivity contribution in [1.82, 2.24) is 4.90 Å². The number of piperidine rings is 1. The molecule has 1 aliphatic rings. The number of amides is 1. The molecule has 1 fully saturated rings. The number of carbonyl (C=O) groups is 1. The quantitative estimate of drug-likeness (QED) is 0.795. The number of nitrogens with zero attached hydrogens (tertiary/aromatic N) is 1. The lowest BCUT2D eigenvalue weighted by molar-refractivity contribution is -0.136. The van der Waals surface area contributed by atoms with Gasteiger partial charge in [0.1, 0.15) is 0 Å². The van der Waals surface area contributed by atoms with Gasteiger partial charge in [-0.2, -0.15) is 0 Å². The van der Waals surface area contributed by atoms with Crippen LogP contribution in [0.3, 0.4) is 0 Å². The van der Waals surface area contributed by atoms with E-state index in [9.17, 15) is 4.79 Å². The molecule has 0 aromatic heterocycles. The van der Waals surface area contributed by atoms with Gasteiger partial charge in [-0.3, -0.25) is 4.79 Å². The Hall–Kier alpha value is -0.610. The largest absolute Gasteiger partial charge is 0.378 e. The van der Waals surface area contributed by atoms with Gasteiger partial charge < -0.3 is 15.4 Å². The van der Waals surface area contributed by atoms with Gasteiger partial charge in [-0.1, -0.05) is 0 Å². The van der Waals surface area contributed by atoms with Crippen molar-refractivity contribution < 1.29 is 9.53 Å². The summed E-state index contributed by atoms with van der Waals surface area (Å²) >= 11 is 0. The molecule has 0 spiro atoms. The van der Waals surface area contributed by atoms with Gasteiger partial charge >= 0.3 is 0 Å². The highest BCUT2D eigenvalue weighted by atomic mass is 16.5. The zero-order valence-corrected chi connectivity index (χ0v) is 11.3. The molecule has 0 bridgehead atoms. The van der Waals surface area contributed by atoms with Gasteiger partial charge in [0.15, 0.2) is 0 Å². The lowest BCUT2D eigenvalue weighted by atomic mass is 9.96. The third-order valence-electron chi connectivity index (χ3n) is 3.24. The van der Waals surface area contributed by atoms with Crippen molar-refractivity contribution in [3.63, 3.8) is 0 Å². The van der Waals surface area contributed by atoms with Crippen molar-refractivity contribution in [3.05, 3.63) is 0 Å². The number of rotatable bonds is 5. The lowest BCUT2D eigenvalue weighted by Gasteiger charge is -2.38. The van der Waals surface area contributed by atoms with Gasteiger partial charge in [0.2, 0.25) is 5.91 Å². The van der Waals surface area contributed by atoms with E-state index in [1.165, 1.54) is 6.42 Å². The molecular weight excluding hydrogens is 216 g/mol. The van der Waals surface area contributed by atoms with Crippen LogP contribution in [-0.4, -0.2) is 42.1 Å². The molecule has 0 aromatic carbocycles. The summed E-state index contributed by atoms with van der Waals surface area (Å²) in [5, 5.41) is 0. The first kappa shape index (κ1) is 14.5. The number of likely N-dealkylation sites (tertiary alicyclic amines) is 1. The third-order valence-corrected chi connectivity index (χ3v) is 3.24. The zero-order valence-electron chi connectivity index (χ0n) is 11.3. The average molecular weight is 242 g/mol. The minimum atomic E-state index is 0.0604. The molecule has 2 unspecified atom stereocenters. The van der Waals surface area contributed by atoms with Crippen LogP contribution in [0, 0.1) is 0 Å². The van der Waals surface area contributed by atoms with E-state index < -0.39 is 0 Å². The minimum absolute atomic E-state index is 0.0604. The maximum Gasteiger partial charge on any atom is 0.225 e. The summed E-state index contributed by atoms with van der Waals surface area (Å²) < 4.78 is 5.42. The van der Waals surface area contributed by atoms with Crippen molar-refractivity contribution in [2.75, 3.05) is 13.2 Å². The molecule has 4 nitrogen and oxygen atoms in total. The number of carbonyl (C=O) groups excluding carboxylic acids is 1. The van der Waals surface area contributed by atoms with Crippen LogP contribution in [0.5, 0.6) is 0 Å². The van der Waals surface area contributed by atoms with Gasteiger partial charge in [-0.15, -0.1) is 0 Å². The summed E-state index contributed by atoms with van der Waals surface area (Å²) in [6, 6.07) is 0.278. The highest BCUT2D eigenvalue weighted by Crippen LogP contribution is 2.19. The van der Waals surface area contributed by atoms with E-state index in [1.54, 1.807) is 0 Å². The van der Waals surface area contributed by atoms with E-state index in [2.05, 4.69) is 0 Å². The molecule has 1 amide bonds. The van der Waals surface area contributed by atoms with Crippen molar-refractivity contribution in [3.8, 4) is 0 Å². The fourth-order valence-corrected chi connectivity index (χ4v) is 2.34. The summed E-state index contributed by atoms with van der Waals surface area (Å²) in [6.07, 6.45) is 3.97. The molecule has 0 aromatic rings.